The van der Waals surface area contributed by atoms with Gasteiger partial charge in [0.1, 0.15) is 0 Å². The highest BCUT2D eigenvalue weighted by Gasteiger charge is 2.25. The van der Waals surface area contributed by atoms with E-state index in [2.05, 4.69) is 0 Å². The normalized spacial score (nSPS) is 36.6. The molecule has 2 unspecified atom stereocenters. The molecule has 1 saturated heterocycles. The first-order chi connectivity index (χ1) is 6.64. The third-order valence-corrected chi connectivity index (χ3v) is 3.49. The van der Waals surface area contributed by atoms with E-state index in [0.717, 1.165) is 38.5 Å². The molecule has 1 fully saturated rings. The Morgan fingerprint density at radius 3 is 2.79 bits per heavy atom. The van der Waals surface area contributed by atoms with Gasteiger partial charge in [-0.1, -0.05) is 26.2 Å². The van der Waals surface area contributed by atoms with Crippen LogP contribution in [0.25, 0.3) is 0 Å². The molecule has 1 heterocycles. The summed E-state index contributed by atoms with van der Waals surface area (Å²) in [6.07, 6.45) is 5.60. The molecule has 1 aliphatic rings. The van der Waals surface area contributed by atoms with E-state index in [4.69, 9.17) is 9.05 Å². The van der Waals surface area contributed by atoms with E-state index in [1.54, 1.807) is 0 Å². The van der Waals surface area contributed by atoms with E-state index in [1.165, 1.54) is 0 Å². The average molecular weight is 222 g/mol. The summed E-state index contributed by atoms with van der Waals surface area (Å²) in [7, 11) is -3.78. The SMILES string of the molecule is CCC1CCCCCCOP(=O)(O)O1. The van der Waals surface area contributed by atoms with Crippen LogP contribution >= 0.6 is 7.82 Å². The van der Waals surface area contributed by atoms with Crippen LogP contribution in [0.4, 0.5) is 0 Å². The molecule has 0 amide bonds. The zero-order valence-electron chi connectivity index (χ0n) is 8.65. The van der Waals surface area contributed by atoms with Gasteiger partial charge in [0.25, 0.3) is 0 Å². The molecule has 1 N–H and O–H groups in total. The van der Waals surface area contributed by atoms with E-state index >= 15 is 0 Å². The Morgan fingerprint density at radius 1 is 1.36 bits per heavy atom. The second-order valence-electron chi connectivity index (χ2n) is 3.64. The lowest BCUT2D eigenvalue weighted by atomic mass is 10.1. The minimum Gasteiger partial charge on any atom is -0.302 e. The smallest absolute Gasteiger partial charge is 0.302 e. The Kier molecular flexibility index (Phi) is 5.10. The van der Waals surface area contributed by atoms with Crippen molar-refractivity contribution in [2.24, 2.45) is 0 Å². The van der Waals surface area contributed by atoms with E-state index in [1.807, 2.05) is 6.92 Å². The summed E-state index contributed by atoms with van der Waals surface area (Å²) in [6.45, 7) is 2.28. The standard InChI is InChI=1S/C9H19O4P/c1-2-9-7-5-3-4-6-8-12-14(10,11)13-9/h9H,2-8H2,1H3,(H,10,11). The van der Waals surface area contributed by atoms with Crippen LogP contribution in [0.5, 0.6) is 0 Å². The first-order valence-corrected chi connectivity index (χ1v) is 6.79. The Hall–Kier alpha value is 0.110. The van der Waals surface area contributed by atoms with Crippen LogP contribution in [0.2, 0.25) is 0 Å². The third kappa shape index (κ3) is 4.56. The molecule has 2 atom stereocenters. The summed E-state index contributed by atoms with van der Waals surface area (Å²) in [5.41, 5.74) is 0. The van der Waals surface area contributed by atoms with Crippen molar-refractivity contribution in [2.75, 3.05) is 6.61 Å². The van der Waals surface area contributed by atoms with E-state index < -0.39 is 7.82 Å². The first kappa shape index (κ1) is 12.2. The molecule has 5 heteroatoms. The first-order valence-electron chi connectivity index (χ1n) is 5.30. The molecule has 4 nitrogen and oxygen atoms in total. The summed E-state index contributed by atoms with van der Waals surface area (Å²) in [6, 6.07) is 0. The summed E-state index contributed by atoms with van der Waals surface area (Å²) in [5.74, 6) is 0. The molecule has 0 aromatic heterocycles. The second kappa shape index (κ2) is 5.86. The highest BCUT2D eigenvalue weighted by Crippen LogP contribution is 2.46. The third-order valence-electron chi connectivity index (χ3n) is 2.41. The van der Waals surface area contributed by atoms with Gasteiger partial charge >= 0.3 is 7.82 Å². The Labute approximate surface area is 85.2 Å². The molecule has 0 aromatic carbocycles. The predicted octanol–water partition coefficient (Wildman–Crippen LogP) is 2.86. The van der Waals surface area contributed by atoms with E-state index in [9.17, 15) is 9.46 Å². The van der Waals surface area contributed by atoms with Gasteiger partial charge in [-0.2, -0.15) is 0 Å². The monoisotopic (exact) mass is 222 g/mol. The molecule has 1 aliphatic heterocycles. The zero-order chi connectivity index (χ0) is 10.4. The minimum atomic E-state index is -3.78. The van der Waals surface area contributed by atoms with Gasteiger partial charge in [0, 0.05) is 0 Å². The van der Waals surface area contributed by atoms with E-state index in [-0.39, 0.29) is 6.10 Å². The maximum Gasteiger partial charge on any atom is 0.472 e. The molecule has 0 radical (unpaired) electrons. The van der Waals surface area contributed by atoms with Gasteiger partial charge in [-0.15, -0.1) is 0 Å². The number of phosphoric acid groups is 1. The van der Waals surface area contributed by atoms with Crippen LogP contribution in [0, 0.1) is 0 Å². The summed E-state index contributed by atoms with van der Waals surface area (Å²) < 4.78 is 21.2. The van der Waals surface area contributed by atoms with Gasteiger partial charge in [0.15, 0.2) is 0 Å². The van der Waals surface area contributed by atoms with Crippen LogP contribution < -0.4 is 0 Å². The Morgan fingerprint density at radius 2 is 2.07 bits per heavy atom. The van der Waals surface area contributed by atoms with Crippen molar-refractivity contribution in [3.05, 3.63) is 0 Å². The molecule has 0 bridgehead atoms. The number of rotatable bonds is 1. The lowest BCUT2D eigenvalue weighted by Crippen LogP contribution is -2.12. The van der Waals surface area contributed by atoms with Crippen molar-refractivity contribution in [3.8, 4) is 0 Å². The van der Waals surface area contributed by atoms with Crippen LogP contribution in [0.3, 0.4) is 0 Å². The molecule has 14 heavy (non-hydrogen) atoms. The van der Waals surface area contributed by atoms with Gasteiger partial charge in [0.2, 0.25) is 0 Å². The van der Waals surface area contributed by atoms with E-state index in [0.29, 0.717) is 6.61 Å². The summed E-state index contributed by atoms with van der Waals surface area (Å²) >= 11 is 0. The van der Waals surface area contributed by atoms with Crippen LogP contribution in [-0.4, -0.2) is 17.6 Å². The summed E-state index contributed by atoms with van der Waals surface area (Å²) in [5, 5.41) is 0. The molecular weight excluding hydrogens is 203 g/mol. The molecular formula is C9H19O4P. The van der Waals surface area contributed by atoms with Crippen molar-refractivity contribution >= 4 is 7.82 Å². The highest BCUT2D eigenvalue weighted by molar-refractivity contribution is 7.47. The summed E-state index contributed by atoms with van der Waals surface area (Å²) in [4.78, 5) is 9.31. The van der Waals surface area contributed by atoms with Gasteiger partial charge < -0.3 is 4.89 Å². The predicted molar refractivity (Wildman–Crippen MR) is 54.0 cm³/mol. The number of hydrogen-bond acceptors (Lipinski definition) is 3. The minimum absolute atomic E-state index is 0.135. The fraction of sp³-hybridized carbons (Fsp3) is 1.00. The molecule has 84 valence electrons. The van der Waals surface area contributed by atoms with Gasteiger partial charge in [0.05, 0.1) is 12.7 Å². The molecule has 0 saturated carbocycles. The lowest BCUT2D eigenvalue weighted by Gasteiger charge is -2.20. The maximum atomic E-state index is 11.4. The van der Waals surface area contributed by atoms with Crippen molar-refractivity contribution in [3.63, 3.8) is 0 Å². The molecule has 0 spiro atoms. The quantitative estimate of drug-likeness (QED) is 0.693. The highest BCUT2D eigenvalue weighted by atomic mass is 31.2. The van der Waals surface area contributed by atoms with Gasteiger partial charge in [-0.05, 0) is 19.3 Å². The Balaban J connectivity index is 2.50. The second-order valence-corrected chi connectivity index (χ2v) is 5.05. The number of phosphoric ester groups is 1. The fourth-order valence-corrected chi connectivity index (χ4v) is 2.61. The fourth-order valence-electron chi connectivity index (χ4n) is 1.56. The average Bonchev–Trinajstić information content (AvgIpc) is 2.14. The van der Waals surface area contributed by atoms with Gasteiger partial charge in [-0.3, -0.25) is 9.05 Å². The Bertz CT molecular complexity index is 207. The molecule has 0 aliphatic carbocycles. The lowest BCUT2D eigenvalue weighted by molar-refractivity contribution is 0.0900. The van der Waals surface area contributed by atoms with Crippen molar-refractivity contribution in [1.29, 1.82) is 0 Å². The number of hydrogen-bond donors (Lipinski definition) is 1. The van der Waals surface area contributed by atoms with Crippen molar-refractivity contribution in [2.45, 2.75) is 51.6 Å². The van der Waals surface area contributed by atoms with Crippen LogP contribution in [0.1, 0.15) is 45.4 Å². The molecule has 0 aromatic rings. The largest absolute Gasteiger partial charge is 0.472 e. The van der Waals surface area contributed by atoms with Crippen LogP contribution in [0.15, 0.2) is 0 Å². The van der Waals surface area contributed by atoms with Crippen molar-refractivity contribution in [1.82, 2.24) is 0 Å². The zero-order valence-corrected chi connectivity index (χ0v) is 9.54. The van der Waals surface area contributed by atoms with Crippen molar-refractivity contribution < 1.29 is 18.5 Å². The topological polar surface area (TPSA) is 55.8 Å². The van der Waals surface area contributed by atoms with Crippen LogP contribution in [-0.2, 0) is 13.6 Å². The van der Waals surface area contributed by atoms with Gasteiger partial charge in [-0.25, -0.2) is 4.57 Å². The molecule has 1 rings (SSSR count). The maximum absolute atomic E-state index is 11.4.